The van der Waals surface area contributed by atoms with Gasteiger partial charge in [-0.2, -0.15) is 15.0 Å². The van der Waals surface area contributed by atoms with E-state index in [9.17, 15) is 8.42 Å². The Morgan fingerprint density at radius 3 is 2.48 bits per heavy atom. The Balaban J connectivity index is 1.87. The Morgan fingerprint density at radius 2 is 1.80 bits per heavy atom. The summed E-state index contributed by atoms with van der Waals surface area (Å²) in [6.07, 6.45) is 0. The zero-order valence-electron chi connectivity index (χ0n) is 13.8. The van der Waals surface area contributed by atoms with Crippen LogP contribution in [0.2, 0.25) is 5.02 Å². The molecular weight excluding hydrogens is 364 g/mol. The van der Waals surface area contributed by atoms with Crippen LogP contribution in [0.4, 0.5) is 11.9 Å². The number of nitrogen functional groups attached to an aromatic ring is 1. The Hall–Kier alpha value is -1.97. The van der Waals surface area contributed by atoms with E-state index < -0.39 is 9.84 Å². The molecule has 2 aromatic rings. The Kier molecular flexibility index (Phi) is 5.07. The Morgan fingerprint density at radius 1 is 1.12 bits per heavy atom. The molecule has 10 heteroatoms. The summed E-state index contributed by atoms with van der Waals surface area (Å²) in [6.45, 7) is 3.24. The van der Waals surface area contributed by atoms with Crippen LogP contribution in [-0.4, -0.2) is 61.5 Å². The van der Waals surface area contributed by atoms with Crippen LogP contribution < -0.4 is 10.6 Å². The number of nitrogens with zero attached hydrogens (tertiary/aromatic N) is 5. The molecule has 0 aliphatic carbocycles. The molecule has 0 atom stereocenters. The van der Waals surface area contributed by atoms with Gasteiger partial charge in [-0.25, -0.2) is 8.42 Å². The molecule has 0 radical (unpaired) electrons. The van der Waals surface area contributed by atoms with E-state index in [-0.39, 0.29) is 27.4 Å². The average molecular weight is 383 g/mol. The molecule has 3 rings (SSSR count). The van der Waals surface area contributed by atoms with Gasteiger partial charge in [0.05, 0.1) is 9.92 Å². The molecule has 2 heterocycles. The second-order valence-electron chi connectivity index (χ2n) is 5.89. The smallest absolute Gasteiger partial charge is 0.230 e. The second kappa shape index (κ2) is 7.11. The lowest BCUT2D eigenvalue weighted by atomic mass is 10.3. The van der Waals surface area contributed by atoms with Crippen molar-refractivity contribution >= 4 is 33.3 Å². The molecule has 25 heavy (non-hydrogen) atoms. The number of piperazine rings is 1. The molecule has 2 N–H and O–H groups in total. The second-order valence-corrected chi connectivity index (χ2v) is 8.25. The predicted octanol–water partition coefficient (Wildman–Crippen LogP) is 0.833. The first-order valence-electron chi connectivity index (χ1n) is 7.76. The lowest BCUT2D eigenvalue weighted by molar-refractivity contribution is 0.311. The zero-order chi connectivity index (χ0) is 18.0. The van der Waals surface area contributed by atoms with Gasteiger partial charge >= 0.3 is 0 Å². The van der Waals surface area contributed by atoms with Crippen LogP contribution in [0.15, 0.2) is 29.2 Å². The molecule has 1 aliphatic heterocycles. The van der Waals surface area contributed by atoms with Gasteiger partial charge in [-0.05, 0) is 19.2 Å². The van der Waals surface area contributed by atoms with Crippen LogP contribution in [0.25, 0.3) is 0 Å². The number of halogens is 1. The van der Waals surface area contributed by atoms with Crippen molar-refractivity contribution in [1.29, 1.82) is 0 Å². The number of aromatic nitrogens is 3. The van der Waals surface area contributed by atoms with Gasteiger partial charge in [0.25, 0.3) is 0 Å². The third-order valence-electron chi connectivity index (χ3n) is 3.96. The van der Waals surface area contributed by atoms with Crippen molar-refractivity contribution in [3.05, 3.63) is 35.1 Å². The zero-order valence-corrected chi connectivity index (χ0v) is 15.3. The van der Waals surface area contributed by atoms with Crippen molar-refractivity contribution in [1.82, 2.24) is 19.9 Å². The first-order valence-corrected chi connectivity index (χ1v) is 9.79. The minimum absolute atomic E-state index is 0.00767. The maximum atomic E-state index is 12.6. The van der Waals surface area contributed by atoms with E-state index in [0.717, 1.165) is 26.2 Å². The van der Waals surface area contributed by atoms with E-state index in [1.54, 1.807) is 12.1 Å². The predicted molar refractivity (Wildman–Crippen MR) is 96.3 cm³/mol. The Labute approximate surface area is 151 Å². The molecule has 0 unspecified atom stereocenters. The molecule has 1 aromatic heterocycles. The van der Waals surface area contributed by atoms with Crippen molar-refractivity contribution < 1.29 is 8.42 Å². The van der Waals surface area contributed by atoms with Crippen molar-refractivity contribution in [2.45, 2.75) is 10.6 Å². The summed E-state index contributed by atoms with van der Waals surface area (Å²) in [5.74, 6) is 0.143. The maximum absolute atomic E-state index is 12.6. The first kappa shape index (κ1) is 17.8. The average Bonchev–Trinajstić information content (AvgIpc) is 2.54. The number of hydrogen-bond acceptors (Lipinski definition) is 8. The highest BCUT2D eigenvalue weighted by molar-refractivity contribution is 7.90. The van der Waals surface area contributed by atoms with E-state index in [2.05, 4.69) is 19.9 Å². The summed E-state index contributed by atoms with van der Waals surface area (Å²) >= 11 is 6.00. The minimum Gasteiger partial charge on any atom is -0.368 e. The first-order chi connectivity index (χ1) is 11.8. The van der Waals surface area contributed by atoms with Gasteiger partial charge in [-0.15, -0.1) is 0 Å². The highest BCUT2D eigenvalue weighted by atomic mass is 35.5. The minimum atomic E-state index is -3.68. The number of nitrogens with two attached hydrogens (primary N) is 1. The lowest BCUT2D eigenvalue weighted by Crippen LogP contribution is -2.45. The topological polar surface area (TPSA) is 105 Å². The summed E-state index contributed by atoms with van der Waals surface area (Å²) < 4.78 is 25.2. The molecule has 1 aromatic carbocycles. The van der Waals surface area contributed by atoms with Gasteiger partial charge in [0.15, 0.2) is 15.7 Å². The molecule has 1 aliphatic rings. The van der Waals surface area contributed by atoms with Gasteiger partial charge in [0.2, 0.25) is 11.9 Å². The molecule has 0 spiro atoms. The molecule has 134 valence electrons. The molecule has 1 saturated heterocycles. The highest BCUT2D eigenvalue weighted by Gasteiger charge is 2.23. The summed E-state index contributed by atoms with van der Waals surface area (Å²) in [6, 6.07) is 6.29. The van der Waals surface area contributed by atoms with Gasteiger partial charge in [0, 0.05) is 26.2 Å². The number of anilines is 2. The van der Waals surface area contributed by atoms with Crippen LogP contribution in [0.3, 0.4) is 0 Å². The van der Waals surface area contributed by atoms with Gasteiger partial charge in [-0.3, -0.25) is 0 Å². The van der Waals surface area contributed by atoms with E-state index >= 15 is 0 Å². The highest BCUT2D eigenvalue weighted by Crippen LogP contribution is 2.24. The molecule has 0 saturated carbocycles. The van der Waals surface area contributed by atoms with E-state index in [1.807, 2.05) is 11.9 Å². The number of hydrogen-bond donors (Lipinski definition) is 1. The van der Waals surface area contributed by atoms with Crippen LogP contribution >= 0.6 is 11.6 Å². The fourth-order valence-electron chi connectivity index (χ4n) is 2.58. The molecular formula is C15H19ClN6O2S. The summed E-state index contributed by atoms with van der Waals surface area (Å²) in [5, 5.41) is 0.170. The van der Waals surface area contributed by atoms with Crippen molar-refractivity contribution in [3.63, 3.8) is 0 Å². The van der Waals surface area contributed by atoms with Crippen LogP contribution in [0.1, 0.15) is 5.82 Å². The lowest BCUT2D eigenvalue weighted by Gasteiger charge is -2.32. The number of sulfone groups is 1. The molecule has 0 amide bonds. The van der Waals surface area contributed by atoms with Gasteiger partial charge < -0.3 is 15.5 Å². The summed E-state index contributed by atoms with van der Waals surface area (Å²) in [4.78, 5) is 16.7. The van der Waals surface area contributed by atoms with Gasteiger partial charge in [0.1, 0.15) is 5.75 Å². The number of likely N-dealkylation sites (N-methyl/N-ethyl adjacent to an activating group) is 1. The number of benzene rings is 1. The summed E-state index contributed by atoms with van der Waals surface area (Å²) in [7, 11) is -1.64. The molecule has 8 nitrogen and oxygen atoms in total. The van der Waals surface area contributed by atoms with Crippen LogP contribution in [0, 0.1) is 0 Å². The quantitative estimate of drug-likeness (QED) is 0.829. The van der Waals surface area contributed by atoms with Crippen molar-refractivity contribution in [3.8, 4) is 0 Å². The third-order valence-corrected chi connectivity index (χ3v) is 6.07. The van der Waals surface area contributed by atoms with E-state index in [0.29, 0.717) is 5.95 Å². The monoisotopic (exact) mass is 382 g/mol. The molecule has 0 bridgehead atoms. The maximum Gasteiger partial charge on any atom is 0.230 e. The normalized spacial score (nSPS) is 16.2. The Bertz CT molecular complexity index is 868. The number of rotatable bonds is 4. The third kappa shape index (κ3) is 4.17. The molecule has 1 fully saturated rings. The van der Waals surface area contributed by atoms with Crippen molar-refractivity contribution in [2.75, 3.05) is 43.9 Å². The van der Waals surface area contributed by atoms with Crippen LogP contribution in [0.5, 0.6) is 0 Å². The fourth-order valence-corrected chi connectivity index (χ4v) is 4.35. The SMILES string of the molecule is CN1CCN(c2nc(N)nc(CS(=O)(=O)c3ccccc3Cl)n2)CC1. The summed E-state index contributed by atoms with van der Waals surface area (Å²) in [5.41, 5.74) is 5.76. The van der Waals surface area contributed by atoms with E-state index in [1.165, 1.54) is 12.1 Å². The van der Waals surface area contributed by atoms with Gasteiger partial charge in [-0.1, -0.05) is 23.7 Å². The van der Waals surface area contributed by atoms with E-state index in [4.69, 9.17) is 17.3 Å². The largest absolute Gasteiger partial charge is 0.368 e. The standard InChI is InChI=1S/C15H19ClN6O2S/c1-21-6-8-22(9-7-21)15-19-13(18-14(17)20-15)10-25(23,24)12-5-3-2-4-11(12)16/h2-5H,6-10H2,1H3,(H2,17,18,19,20). The fraction of sp³-hybridized carbons (Fsp3) is 0.400. The van der Waals surface area contributed by atoms with Crippen molar-refractivity contribution in [2.24, 2.45) is 0 Å². The van der Waals surface area contributed by atoms with Crippen LogP contribution in [-0.2, 0) is 15.6 Å².